The number of hydrogen-bond donors (Lipinski definition) is 1. The monoisotopic (exact) mass is 261 g/mol. The van der Waals surface area contributed by atoms with Gasteiger partial charge in [0.15, 0.2) is 0 Å². The topological polar surface area (TPSA) is 50.9 Å². The van der Waals surface area contributed by atoms with Crippen LogP contribution in [0.1, 0.15) is 0 Å². The molecule has 96 valence electrons. The molecule has 4 rings (SSSR count). The van der Waals surface area contributed by atoms with E-state index in [2.05, 4.69) is 9.97 Å². The Labute approximate surface area is 115 Å². The Morgan fingerprint density at radius 3 is 2.75 bits per heavy atom. The Morgan fingerprint density at radius 1 is 0.900 bits per heavy atom. The molecular weight excluding hydrogens is 250 g/mol. The van der Waals surface area contributed by atoms with Gasteiger partial charge in [0.05, 0.1) is 11.0 Å². The van der Waals surface area contributed by atoms with Crippen LogP contribution in [0.5, 0.6) is 5.75 Å². The smallest absolute Gasteiger partial charge is 0.141 e. The van der Waals surface area contributed by atoms with E-state index in [1.54, 1.807) is 12.4 Å². The second-order valence-electron chi connectivity index (χ2n) is 4.62. The Bertz CT molecular complexity index is 927. The van der Waals surface area contributed by atoms with Crippen LogP contribution < -0.4 is 0 Å². The lowest BCUT2D eigenvalue weighted by Crippen LogP contribution is -1.95. The number of aromatic hydroxyl groups is 1. The predicted molar refractivity (Wildman–Crippen MR) is 78.0 cm³/mol. The zero-order chi connectivity index (χ0) is 13.5. The number of pyridine rings is 1. The number of hydrogen-bond acceptors (Lipinski definition) is 3. The minimum absolute atomic E-state index is 0.189. The van der Waals surface area contributed by atoms with Gasteiger partial charge in [-0.15, -0.1) is 0 Å². The lowest BCUT2D eigenvalue weighted by Gasteiger charge is -2.06. The molecule has 0 bridgehead atoms. The number of imidazole rings is 1. The normalized spacial score (nSPS) is 11.2. The molecule has 0 aliphatic heterocycles. The molecule has 0 amide bonds. The van der Waals surface area contributed by atoms with Crippen LogP contribution in [0.25, 0.3) is 27.8 Å². The molecule has 4 heteroatoms. The number of benzene rings is 2. The second-order valence-corrected chi connectivity index (χ2v) is 4.62. The summed E-state index contributed by atoms with van der Waals surface area (Å²) in [6.45, 7) is 0. The number of nitrogens with zero attached hydrogens (tertiary/aromatic N) is 3. The molecule has 2 aromatic heterocycles. The van der Waals surface area contributed by atoms with Crippen LogP contribution in [0.2, 0.25) is 0 Å². The van der Waals surface area contributed by atoms with E-state index in [1.165, 1.54) is 0 Å². The molecule has 2 aromatic carbocycles. The van der Waals surface area contributed by atoms with Crippen molar-refractivity contribution in [2.75, 3.05) is 0 Å². The summed E-state index contributed by atoms with van der Waals surface area (Å²) in [6, 6.07) is 17.2. The van der Waals surface area contributed by atoms with Crippen molar-refractivity contribution in [3.8, 4) is 11.6 Å². The van der Waals surface area contributed by atoms with Crippen molar-refractivity contribution in [2.45, 2.75) is 0 Å². The molecule has 0 aliphatic rings. The third kappa shape index (κ3) is 1.55. The number of para-hydroxylation sites is 3. The Kier molecular flexibility index (Phi) is 2.23. The van der Waals surface area contributed by atoms with Crippen LogP contribution in [0.4, 0.5) is 0 Å². The van der Waals surface area contributed by atoms with Crippen molar-refractivity contribution in [1.82, 2.24) is 14.5 Å². The number of aromatic nitrogens is 3. The molecule has 0 saturated carbocycles. The molecule has 0 fully saturated rings. The fourth-order valence-corrected chi connectivity index (χ4v) is 2.40. The minimum Gasteiger partial charge on any atom is -0.506 e. The van der Waals surface area contributed by atoms with E-state index in [4.69, 9.17) is 0 Å². The second kappa shape index (κ2) is 4.06. The maximum absolute atomic E-state index is 9.92. The SMILES string of the molecule is Oc1cccc2ccc(-n3cnc4ccccc43)nc12. The van der Waals surface area contributed by atoms with Gasteiger partial charge in [0.1, 0.15) is 23.4 Å². The molecule has 2 heterocycles. The average molecular weight is 261 g/mol. The van der Waals surface area contributed by atoms with Crippen molar-refractivity contribution in [1.29, 1.82) is 0 Å². The maximum Gasteiger partial charge on any atom is 0.141 e. The van der Waals surface area contributed by atoms with Gasteiger partial charge in [0.2, 0.25) is 0 Å². The zero-order valence-electron chi connectivity index (χ0n) is 10.6. The number of rotatable bonds is 1. The number of phenols is 1. The summed E-state index contributed by atoms with van der Waals surface area (Å²) >= 11 is 0. The molecule has 1 N–H and O–H groups in total. The third-order valence-corrected chi connectivity index (χ3v) is 3.38. The molecule has 20 heavy (non-hydrogen) atoms. The Morgan fingerprint density at radius 2 is 1.80 bits per heavy atom. The van der Waals surface area contributed by atoms with Crippen molar-refractivity contribution in [2.24, 2.45) is 0 Å². The predicted octanol–water partition coefficient (Wildman–Crippen LogP) is 3.28. The Hall–Kier alpha value is -2.88. The van der Waals surface area contributed by atoms with Crippen molar-refractivity contribution >= 4 is 21.9 Å². The van der Waals surface area contributed by atoms with Crippen molar-refractivity contribution < 1.29 is 5.11 Å². The van der Waals surface area contributed by atoms with Crippen molar-refractivity contribution in [3.05, 3.63) is 60.9 Å². The van der Waals surface area contributed by atoms with Crippen LogP contribution >= 0.6 is 0 Å². The molecule has 0 spiro atoms. The molecule has 0 aliphatic carbocycles. The molecular formula is C16H11N3O. The fourth-order valence-electron chi connectivity index (χ4n) is 2.40. The highest BCUT2D eigenvalue weighted by molar-refractivity contribution is 5.85. The van der Waals surface area contributed by atoms with Crippen LogP contribution in [0.3, 0.4) is 0 Å². The van der Waals surface area contributed by atoms with E-state index in [-0.39, 0.29) is 5.75 Å². The standard InChI is InChI=1S/C16H11N3O/c20-14-7-3-4-11-8-9-15(18-16(11)14)19-10-17-12-5-1-2-6-13(12)19/h1-10,20H. The first-order chi connectivity index (χ1) is 9.83. The first-order valence-electron chi connectivity index (χ1n) is 6.34. The minimum atomic E-state index is 0.189. The molecule has 0 atom stereocenters. The number of phenolic OH excluding ortho intramolecular Hbond substituents is 1. The van der Waals surface area contributed by atoms with Gasteiger partial charge < -0.3 is 5.11 Å². The van der Waals surface area contributed by atoms with E-state index in [0.717, 1.165) is 22.2 Å². The molecule has 4 nitrogen and oxygen atoms in total. The Balaban J connectivity index is 2.00. The van der Waals surface area contributed by atoms with Gasteiger partial charge in [-0.1, -0.05) is 24.3 Å². The number of fused-ring (bicyclic) bond motifs is 2. The van der Waals surface area contributed by atoms with Gasteiger partial charge in [-0.25, -0.2) is 9.97 Å². The van der Waals surface area contributed by atoms with Crippen LogP contribution in [-0.4, -0.2) is 19.6 Å². The van der Waals surface area contributed by atoms with Gasteiger partial charge >= 0.3 is 0 Å². The summed E-state index contributed by atoms with van der Waals surface area (Å²) in [4.78, 5) is 8.90. The van der Waals surface area contributed by atoms with Gasteiger partial charge in [-0.2, -0.15) is 0 Å². The largest absolute Gasteiger partial charge is 0.506 e. The highest BCUT2D eigenvalue weighted by atomic mass is 16.3. The highest BCUT2D eigenvalue weighted by Crippen LogP contribution is 2.24. The van der Waals surface area contributed by atoms with E-state index >= 15 is 0 Å². The van der Waals surface area contributed by atoms with E-state index < -0.39 is 0 Å². The molecule has 0 saturated heterocycles. The van der Waals surface area contributed by atoms with E-state index in [0.29, 0.717) is 5.52 Å². The van der Waals surface area contributed by atoms with Crippen LogP contribution in [0, 0.1) is 0 Å². The van der Waals surface area contributed by atoms with Crippen LogP contribution in [0.15, 0.2) is 60.9 Å². The lowest BCUT2D eigenvalue weighted by atomic mass is 10.2. The van der Waals surface area contributed by atoms with E-state index in [1.807, 2.05) is 53.1 Å². The summed E-state index contributed by atoms with van der Waals surface area (Å²) in [5, 5.41) is 10.8. The molecule has 0 unspecified atom stereocenters. The molecule has 0 radical (unpaired) electrons. The van der Waals surface area contributed by atoms with Gasteiger partial charge in [0, 0.05) is 5.39 Å². The van der Waals surface area contributed by atoms with E-state index in [9.17, 15) is 5.11 Å². The maximum atomic E-state index is 9.92. The third-order valence-electron chi connectivity index (χ3n) is 3.38. The summed E-state index contributed by atoms with van der Waals surface area (Å²) < 4.78 is 1.92. The quantitative estimate of drug-likeness (QED) is 0.572. The van der Waals surface area contributed by atoms with Gasteiger partial charge in [-0.05, 0) is 30.3 Å². The highest BCUT2D eigenvalue weighted by Gasteiger charge is 2.07. The summed E-state index contributed by atoms with van der Waals surface area (Å²) in [5.41, 5.74) is 2.52. The average Bonchev–Trinajstić information content (AvgIpc) is 2.91. The molecule has 4 aromatic rings. The van der Waals surface area contributed by atoms with Gasteiger partial charge in [-0.3, -0.25) is 4.57 Å². The lowest BCUT2D eigenvalue weighted by molar-refractivity contribution is 0.480. The summed E-state index contributed by atoms with van der Waals surface area (Å²) in [5.74, 6) is 0.932. The summed E-state index contributed by atoms with van der Waals surface area (Å²) in [6.07, 6.45) is 1.75. The van der Waals surface area contributed by atoms with Crippen molar-refractivity contribution in [3.63, 3.8) is 0 Å². The van der Waals surface area contributed by atoms with Gasteiger partial charge in [0.25, 0.3) is 0 Å². The fraction of sp³-hybridized carbons (Fsp3) is 0. The zero-order valence-corrected chi connectivity index (χ0v) is 10.6. The summed E-state index contributed by atoms with van der Waals surface area (Å²) in [7, 11) is 0. The first-order valence-corrected chi connectivity index (χ1v) is 6.34. The first kappa shape index (κ1) is 11.0. The van der Waals surface area contributed by atoms with Crippen LogP contribution in [-0.2, 0) is 0 Å².